The van der Waals surface area contributed by atoms with Gasteiger partial charge < -0.3 is 16.0 Å². The smallest absolute Gasteiger partial charge is 0.251 e. The van der Waals surface area contributed by atoms with Crippen molar-refractivity contribution in [3.63, 3.8) is 0 Å². The van der Waals surface area contributed by atoms with Gasteiger partial charge in [0.2, 0.25) is 0 Å². The average molecular weight is 355 g/mol. The number of rotatable bonds is 7. The van der Waals surface area contributed by atoms with Crippen molar-refractivity contribution in [2.75, 3.05) is 26.7 Å². The van der Waals surface area contributed by atoms with Crippen LogP contribution in [-0.4, -0.2) is 38.5 Å². The predicted molar refractivity (Wildman–Crippen MR) is 90.7 cm³/mol. The molecule has 0 aliphatic heterocycles. The van der Waals surface area contributed by atoms with Gasteiger partial charge in [-0.15, -0.1) is 0 Å². The number of guanidine groups is 1. The van der Waals surface area contributed by atoms with E-state index in [2.05, 4.69) is 43.8 Å². The summed E-state index contributed by atoms with van der Waals surface area (Å²) in [5, 5.41) is 9.24. The first-order chi connectivity index (χ1) is 10.2. The van der Waals surface area contributed by atoms with Crippen LogP contribution in [0.4, 0.5) is 0 Å². The van der Waals surface area contributed by atoms with Crippen molar-refractivity contribution in [3.05, 3.63) is 34.3 Å². The van der Waals surface area contributed by atoms with Crippen LogP contribution in [0.15, 0.2) is 33.7 Å². The second-order valence-electron chi connectivity index (χ2n) is 4.54. The molecule has 0 heterocycles. The van der Waals surface area contributed by atoms with E-state index in [1.165, 1.54) is 0 Å². The van der Waals surface area contributed by atoms with Gasteiger partial charge in [-0.25, -0.2) is 0 Å². The fourth-order valence-electron chi connectivity index (χ4n) is 1.66. The number of nitrogens with zero attached hydrogens (tertiary/aromatic N) is 1. The molecule has 3 N–H and O–H groups in total. The number of benzene rings is 1. The molecule has 0 saturated heterocycles. The number of hydrogen-bond acceptors (Lipinski definition) is 2. The van der Waals surface area contributed by atoms with Crippen LogP contribution in [0.1, 0.15) is 30.1 Å². The molecule has 21 heavy (non-hydrogen) atoms. The fraction of sp³-hybridized carbons (Fsp3) is 0.467. The topological polar surface area (TPSA) is 65.5 Å². The van der Waals surface area contributed by atoms with Gasteiger partial charge in [0, 0.05) is 36.7 Å². The van der Waals surface area contributed by atoms with Crippen LogP contribution in [0.2, 0.25) is 0 Å². The summed E-state index contributed by atoms with van der Waals surface area (Å²) in [6.45, 7) is 4.23. The summed E-state index contributed by atoms with van der Waals surface area (Å²) < 4.78 is 0.961. The van der Waals surface area contributed by atoms with Crippen molar-refractivity contribution in [3.8, 4) is 0 Å². The SMILES string of the molecule is CCCCNC(=NC)NCCNC(=O)c1ccc(Br)cc1. The number of halogens is 1. The molecule has 0 bridgehead atoms. The van der Waals surface area contributed by atoms with Crippen molar-refractivity contribution in [2.45, 2.75) is 19.8 Å². The minimum atomic E-state index is -0.0711. The monoisotopic (exact) mass is 354 g/mol. The Hall–Kier alpha value is -1.56. The Balaban J connectivity index is 2.23. The number of aliphatic imine (C=N–C) groups is 1. The summed E-state index contributed by atoms with van der Waals surface area (Å²) in [6.07, 6.45) is 2.26. The van der Waals surface area contributed by atoms with E-state index in [-0.39, 0.29) is 5.91 Å². The lowest BCUT2D eigenvalue weighted by Gasteiger charge is -2.12. The lowest BCUT2D eigenvalue weighted by atomic mass is 10.2. The molecule has 1 rings (SSSR count). The van der Waals surface area contributed by atoms with Crippen LogP contribution in [0.5, 0.6) is 0 Å². The van der Waals surface area contributed by atoms with Gasteiger partial charge in [-0.05, 0) is 30.7 Å². The Morgan fingerprint density at radius 3 is 2.33 bits per heavy atom. The van der Waals surface area contributed by atoms with E-state index in [1.807, 2.05) is 12.1 Å². The molecule has 1 aromatic rings. The van der Waals surface area contributed by atoms with Crippen molar-refractivity contribution in [1.29, 1.82) is 0 Å². The van der Waals surface area contributed by atoms with Gasteiger partial charge >= 0.3 is 0 Å². The van der Waals surface area contributed by atoms with Gasteiger partial charge in [0.15, 0.2) is 5.96 Å². The highest BCUT2D eigenvalue weighted by atomic mass is 79.9. The molecule has 0 unspecified atom stereocenters. The predicted octanol–water partition coefficient (Wildman–Crippen LogP) is 2.14. The number of amides is 1. The van der Waals surface area contributed by atoms with Gasteiger partial charge in [-0.3, -0.25) is 9.79 Å². The zero-order valence-corrected chi connectivity index (χ0v) is 14.2. The summed E-state index contributed by atoms with van der Waals surface area (Å²) in [7, 11) is 1.74. The van der Waals surface area contributed by atoms with E-state index in [0.717, 1.165) is 29.8 Å². The van der Waals surface area contributed by atoms with Crippen molar-refractivity contribution >= 4 is 27.8 Å². The Kier molecular flexibility index (Phi) is 8.50. The highest BCUT2D eigenvalue weighted by Crippen LogP contribution is 2.10. The first kappa shape index (κ1) is 17.5. The molecule has 1 aromatic carbocycles. The molecule has 0 saturated carbocycles. The summed E-state index contributed by atoms with van der Waals surface area (Å²) in [4.78, 5) is 16.0. The molecule has 0 radical (unpaired) electrons. The third kappa shape index (κ3) is 7.13. The van der Waals surface area contributed by atoms with Gasteiger partial charge in [0.1, 0.15) is 0 Å². The van der Waals surface area contributed by atoms with E-state index in [0.29, 0.717) is 18.7 Å². The van der Waals surface area contributed by atoms with Crippen LogP contribution >= 0.6 is 15.9 Å². The minimum Gasteiger partial charge on any atom is -0.356 e. The van der Waals surface area contributed by atoms with Crippen molar-refractivity contribution < 1.29 is 4.79 Å². The first-order valence-electron chi connectivity index (χ1n) is 7.15. The van der Waals surface area contributed by atoms with Crippen LogP contribution in [0.3, 0.4) is 0 Å². The maximum absolute atomic E-state index is 11.9. The molecular weight excluding hydrogens is 332 g/mol. The summed E-state index contributed by atoms with van der Waals surface area (Å²) in [5.74, 6) is 0.694. The normalized spacial score (nSPS) is 11.1. The Bertz CT molecular complexity index is 459. The van der Waals surface area contributed by atoms with Crippen LogP contribution in [-0.2, 0) is 0 Å². The fourth-order valence-corrected chi connectivity index (χ4v) is 1.93. The lowest BCUT2D eigenvalue weighted by molar-refractivity contribution is 0.0954. The van der Waals surface area contributed by atoms with Crippen LogP contribution < -0.4 is 16.0 Å². The van der Waals surface area contributed by atoms with E-state index in [1.54, 1.807) is 19.2 Å². The number of unbranched alkanes of at least 4 members (excludes halogenated alkanes) is 1. The molecule has 0 aromatic heterocycles. The van der Waals surface area contributed by atoms with Gasteiger partial charge in [-0.2, -0.15) is 0 Å². The van der Waals surface area contributed by atoms with E-state index < -0.39 is 0 Å². The zero-order valence-electron chi connectivity index (χ0n) is 12.6. The number of carbonyl (C=O) groups excluding carboxylic acids is 1. The van der Waals surface area contributed by atoms with Gasteiger partial charge in [-0.1, -0.05) is 29.3 Å². The molecule has 0 atom stereocenters. The average Bonchev–Trinajstić information content (AvgIpc) is 2.50. The van der Waals surface area contributed by atoms with Gasteiger partial charge in [0.05, 0.1) is 0 Å². The summed E-state index contributed by atoms with van der Waals surface area (Å²) in [5.41, 5.74) is 0.656. The Morgan fingerprint density at radius 2 is 1.71 bits per heavy atom. The molecule has 5 nitrogen and oxygen atoms in total. The molecule has 116 valence electrons. The molecule has 6 heteroatoms. The Labute approximate surface area is 134 Å². The largest absolute Gasteiger partial charge is 0.356 e. The second kappa shape index (κ2) is 10.2. The Morgan fingerprint density at radius 1 is 1.10 bits per heavy atom. The number of hydrogen-bond donors (Lipinski definition) is 3. The highest BCUT2D eigenvalue weighted by molar-refractivity contribution is 9.10. The zero-order chi connectivity index (χ0) is 15.5. The van der Waals surface area contributed by atoms with Crippen molar-refractivity contribution in [1.82, 2.24) is 16.0 Å². The van der Waals surface area contributed by atoms with Crippen molar-refractivity contribution in [2.24, 2.45) is 4.99 Å². The van der Waals surface area contributed by atoms with E-state index in [9.17, 15) is 4.79 Å². The quantitative estimate of drug-likeness (QED) is 0.399. The molecule has 1 amide bonds. The molecular formula is C15H23BrN4O. The second-order valence-corrected chi connectivity index (χ2v) is 5.46. The van der Waals surface area contributed by atoms with Gasteiger partial charge in [0.25, 0.3) is 5.91 Å². The summed E-state index contributed by atoms with van der Waals surface area (Å²) >= 11 is 3.35. The number of nitrogens with one attached hydrogen (secondary N) is 3. The standard InChI is InChI=1S/C15H23BrN4O/c1-3-4-9-19-15(17-2)20-11-10-18-14(21)12-5-7-13(16)8-6-12/h5-8H,3-4,9-11H2,1-2H3,(H,18,21)(H2,17,19,20). The minimum absolute atomic E-state index is 0.0711. The molecule has 0 aliphatic carbocycles. The maximum Gasteiger partial charge on any atom is 0.251 e. The highest BCUT2D eigenvalue weighted by Gasteiger charge is 2.04. The molecule has 0 spiro atoms. The first-order valence-corrected chi connectivity index (χ1v) is 7.95. The third-order valence-electron chi connectivity index (χ3n) is 2.86. The molecule has 0 fully saturated rings. The molecule has 0 aliphatic rings. The van der Waals surface area contributed by atoms with Crippen LogP contribution in [0, 0.1) is 0 Å². The van der Waals surface area contributed by atoms with E-state index >= 15 is 0 Å². The van der Waals surface area contributed by atoms with Crippen LogP contribution in [0.25, 0.3) is 0 Å². The lowest BCUT2D eigenvalue weighted by Crippen LogP contribution is -2.41. The number of carbonyl (C=O) groups is 1. The summed E-state index contributed by atoms with van der Waals surface area (Å²) in [6, 6.07) is 7.29. The third-order valence-corrected chi connectivity index (χ3v) is 3.38. The van der Waals surface area contributed by atoms with E-state index in [4.69, 9.17) is 0 Å². The maximum atomic E-state index is 11.9.